The summed E-state index contributed by atoms with van der Waals surface area (Å²) >= 11 is 0. The number of aliphatic carboxylic acids is 1. The van der Waals surface area contributed by atoms with Gasteiger partial charge in [0.05, 0.1) is 24.1 Å². The van der Waals surface area contributed by atoms with E-state index in [0.717, 1.165) is 35.4 Å². The number of hydrogen-bond acceptors (Lipinski definition) is 5. The second kappa shape index (κ2) is 10.7. The molecule has 180 valence electrons. The molecule has 1 saturated heterocycles. The fraction of sp³-hybridized carbons (Fsp3) is 0.444. The van der Waals surface area contributed by atoms with Gasteiger partial charge in [-0.25, -0.2) is 0 Å². The van der Waals surface area contributed by atoms with Crippen LogP contribution in [0.4, 0.5) is 0 Å². The summed E-state index contributed by atoms with van der Waals surface area (Å²) in [4.78, 5) is 31.6. The molecule has 3 unspecified atom stereocenters. The lowest BCUT2D eigenvalue weighted by Crippen LogP contribution is -2.41. The van der Waals surface area contributed by atoms with Crippen LogP contribution in [0.3, 0.4) is 0 Å². The van der Waals surface area contributed by atoms with Gasteiger partial charge in [0.25, 0.3) is 0 Å². The minimum absolute atomic E-state index is 0.0608. The average Bonchev–Trinajstić information content (AvgIpc) is 3.49. The Bertz CT molecular complexity index is 1050. The van der Waals surface area contributed by atoms with E-state index in [2.05, 4.69) is 24.2 Å². The number of likely N-dealkylation sites (tertiary alicyclic amines) is 1. The number of carboxylic acids is 1. The first kappa shape index (κ1) is 23.8. The molecule has 1 amide bonds. The molecule has 0 saturated carbocycles. The molecule has 4 rings (SSSR count). The highest BCUT2D eigenvalue weighted by atomic mass is 16.6. The topological polar surface area (TPSA) is 88.4 Å². The Balaban J connectivity index is 1.30. The maximum absolute atomic E-state index is 13.1. The van der Waals surface area contributed by atoms with Crippen LogP contribution in [0.15, 0.2) is 53.7 Å². The first-order valence-corrected chi connectivity index (χ1v) is 11.9. The Morgan fingerprint density at radius 3 is 2.71 bits per heavy atom. The van der Waals surface area contributed by atoms with E-state index in [0.29, 0.717) is 32.4 Å². The van der Waals surface area contributed by atoms with Crippen LogP contribution in [-0.2, 0) is 27.5 Å². The lowest BCUT2D eigenvalue weighted by atomic mass is 9.97. The van der Waals surface area contributed by atoms with E-state index in [1.165, 1.54) is 5.56 Å². The summed E-state index contributed by atoms with van der Waals surface area (Å²) in [5, 5.41) is 13.4. The van der Waals surface area contributed by atoms with Gasteiger partial charge in [-0.2, -0.15) is 0 Å². The van der Waals surface area contributed by atoms with Gasteiger partial charge in [0.1, 0.15) is 18.5 Å². The average molecular weight is 465 g/mol. The third kappa shape index (κ3) is 5.76. The van der Waals surface area contributed by atoms with E-state index >= 15 is 0 Å². The molecular weight excluding hydrogens is 432 g/mol. The molecule has 3 atom stereocenters. The van der Waals surface area contributed by atoms with Gasteiger partial charge in [0.15, 0.2) is 0 Å². The summed E-state index contributed by atoms with van der Waals surface area (Å²) in [6, 6.07) is 15.8. The molecule has 34 heavy (non-hydrogen) atoms. The van der Waals surface area contributed by atoms with Crippen LogP contribution in [0, 0.1) is 12.8 Å². The number of hydrogen-bond donors (Lipinski definition) is 1. The minimum Gasteiger partial charge on any atom is -0.489 e. The van der Waals surface area contributed by atoms with E-state index in [4.69, 9.17) is 14.7 Å². The van der Waals surface area contributed by atoms with Gasteiger partial charge >= 0.3 is 5.97 Å². The third-order valence-corrected chi connectivity index (χ3v) is 6.69. The van der Waals surface area contributed by atoms with Crippen molar-refractivity contribution in [3.63, 3.8) is 0 Å². The van der Waals surface area contributed by atoms with E-state index < -0.39 is 11.9 Å². The fourth-order valence-corrected chi connectivity index (χ4v) is 4.59. The zero-order valence-corrected chi connectivity index (χ0v) is 19.8. The first-order chi connectivity index (χ1) is 16.4. The molecule has 0 aliphatic carbocycles. The summed E-state index contributed by atoms with van der Waals surface area (Å²) < 4.78 is 5.91. The van der Waals surface area contributed by atoms with Crippen LogP contribution in [0.25, 0.3) is 0 Å². The Morgan fingerprint density at radius 1 is 1.21 bits per heavy atom. The van der Waals surface area contributed by atoms with Crippen LogP contribution in [-0.4, -0.2) is 46.3 Å². The van der Waals surface area contributed by atoms with Crippen molar-refractivity contribution in [2.24, 2.45) is 11.1 Å². The molecule has 1 fully saturated rings. The minimum atomic E-state index is -0.832. The zero-order chi connectivity index (χ0) is 24.1. The van der Waals surface area contributed by atoms with Crippen molar-refractivity contribution in [1.82, 2.24) is 4.90 Å². The van der Waals surface area contributed by atoms with Crippen LogP contribution >= 0.6 is 0 Å². The first-order valence-electron chi connectivity index (χ1n) is 11.9. The smallest absolute Gasteiger partial charge is 0.306 e. The summed E-state index contributed by atoms with van der Waals surface area (Å²) in [7, 11) is 0. The summed E-state index contributed by atoms with van der Waals surface area (Å²) in [5.74, 6) is -0.468. The highest BCUT2D eigenvalue weighted by molar-refractivity contribution is 5.94. The molecule has 0 radical (unpaired) electrons. The SMILES string of the molecule is Cc1ccccc1COc1ccc(CC(=O)N2CCCC2C2=NOC(CC(C)C(=O)O)C2)cc1. The summed E-state index contributed by atoms with van der Waals surface area (Å²) in [5.41, 5.74) is 4.15. The van der Waals surface area contributed by atoms with E-state index in [1.807, 2.05) is 41.3 Å². The number of ether oxygens (including phenoxy) is 1. The molecular formula is C27H32N2O5. The Hall–Kier alpha value is -3.35. The van der Waals surface area contributed by atoms with Crippen LogP contribution in [0.2, 0.25) is 0 Å². The van der Waals surface area contributed by atoms with Gasteiger partial charge in [0, 0.05) is 19.4 Å². The number of aryl methyl sites for hydroxylation is 1. The molecule has 2 aliphatic heterocycles. The van der Waals surface area contributed by atoms with E-state index in [1.54, 1.807) is 6.92 Å². The number of amides is 1. The standard InChI is InChI=1S/C27H32N2O5/c1-18-6-3-4-7-21(18)17-33-22-11-9-20(10-12-22)15-26(30)29-13-5-8-25(29)24-16-23(34-28-24)14-19(2)27(31)32/h3-4,6-7,9-12,19,23,25H,5,8,13-17H2,1-2H3,(H,31,32). The fourth-order valence-electron chi connectivity index (χ4n) is 4.59. The maximum atomic E-state index is 13.1. The molecule has 2 aromatic carbocycles. The number of nitrogens with zero attached hydrogens (tertiary/aromatic N) is 2. The number of rotatable bonds is 9. The van der Waals surface area contributed by atoms with Crippen molar-refractivity contribution >= 4 is 17.6 Å². The highest BCUT2D eigenvalue weighted by Gasteiger charge is 2.37. The zero-order valence-electron chi connectivity index (χ0n) is 19.8. The van der Waals surface area contributed by atoms with Crippen LogP contribution < -0.4 is 4.74 Å². The van der Waals surface area contributed by atoms with Crippen LogP contribution in [0.5, 0.6) is 5.75 Å². The molecule has 1 N–H and O–H groups in total. The lowest BCUT2D eigenvalue weighted by Gasteiger charge is -2.24. The Labute approximate surface area is 200 Å². The molecule has 7 nitrogen and oxygen atoms in total. The number of carbonyl (C=O) groups excluding carboxylic acids is 1. The van der Waals surface area contributed by atoms with Gasteiger partial charge in [-0.3, -0.25) is 9.59 Å². The second-order valence-corrected chi connectivity index (χ2v) is 9.27. The van der Waals surface area contributed by atoms with Gasteiger partial charge < -0.3 is 19.6 Å². The van der Waals surface area contributed by atoms with Crippen LogP contribution in [0.1, 0.15) is 49.3 Å². The Kier molecular flexibility index (Phi) is 7.50. The monoisotopic (exact) mass is 464 g/mol. The largest absolute Gasteiger partial charge is 0.489 e. The summed E-state index contributed by atoms with van der Waals surface area (Å²) in [6.45, 7) is 4.96. The lowest BCUT2D eigenvalue weighted by molar-refractivity contribution is -0.142. The Morgan fingerprint density at radius 2 is 1.97 bits per heavy atom. The van der Waals surface area contributed by atoms with Crippen molar-refractivity contribution in [2.45, 2.75) is 64.7 Å². The number of oxime groups is 1. The van der Waals surface area contributed by atoms with Crippen molar-refractivity contribution < 1.29 is 24.3 Å². The molecule has 2 aliphatic rings. The molecule has 0 bridgehead atoms. The van der Waals surface area contributed by atoms with Crippen molar-refractivity contribution in [3.05, 3.63) is 65.2 Å². The quantitative estimate of drug-likeness (QED) is 0.596. The van der Waals surface area contributed by atoms with Crippen molar-refractivity contribution in [2.75, 3.05) is 6.54 Å². The third-order valence-electron chi connectivity index (χ3n) is 6.69. The number of carbonyl (C=O) groups is 2. The van der Waals surface area contributed by atoms with Gasteiger partial charge in [-0.05, 0) is 48.6 Å². The molecule has 2 heterocycles. The summed E-state index contributed by atoms with van der Waals surface area (Å²) in [6.07, 6.45) is 2.88. The predicted molar refractivity (Wildman–Crippen MR) is 129 cm³/mol. The highest BCUT2D eigenvalue weighted by Crippen LogP contribution is 2.28. The van der Waals surface area contributed by atoms with Crippen molar-refractivity contribution in [3.8, 4) is 5.75 Å². The molecule has 2 aromatic rings. The number of benzene rings is 2. The maximum Gasteiger partial charge on any atom is 0.306 e. The van der Waals surface area contributed by atoms with Gasteiger partial charge in [-0.15, -0.1) is 0 Å². The van der Waals surface area contributed by atoms with E-state index in [-0.39, 0.29) is 18.1 Å². The van der Waals surface area contributed by atoms with Gasteiger partial charge in [-0.1, -0.05) is 48.5 Å². The normalized spacial score (nSPS) is 20.5. The molecule has 0 aromatic heterocycles. The second-order valence-electron chi connectivity index (χ2n) is 9.27. The van der Waals surface area contributed by atoms with Crippen molar-refractivity contribution in [1.29, 1.82) is 0 Å². The molecule has 7 heteroatoms. The molecule has 0 spiro atoms. The number of carboxylic acid groups (broad SMARTS) is 1. The van der Waals surface area contributed by atoms with E-state index in [9.17, 15) is 9.59 Å². The van der Waals surface area contributed by atoms with Gasteiger partial charge in [0.2, 0.25) is 5.91 Å². The predicted octanol–water partition coefficient (Wildman–Crippen LogP) is 4.36.